The van der Waals surface area contributed by atoms with Crippen molar-refractivity contribution in [3.8, 4) is 0 Å². The number of pyridine rings is 1. The Kier molecular flexibility index (Phi) is 4.20. The van der Waals surface area contributed by atoms with Crippen LogP contribution in [0, 0.1) is 5.92 Å². The molecule has 0 bridgehead atoms. The van der Waals surface area contributed by atoms with Gasteiger partial charge in [0.15, 0.2) is 0 Å². The lowest BCUT2D eigenvalue weighted by Gasteiger charge is -2.22. The number of hydrogen-bond acceptors (Lipinski definition) is 4. The summed E-state index contributed by atoms with van der Waals surface area (Å²) in [6.07, 6.45) is 7.73. The smallest absolute Gasteiger partial charge is 0.285 e. The van der Waals surface area contributed by atoms with Gasteiger partial charge in [0, 0.05) is 17.9 Å². The van der Waals surface area contributed by atoms with Crippen molar-refractivity contribution in [3.63, 3.8) is 0 Å². The molecular formula is C15H17ClN4O. The Hall–Kier alpha value is -1.88. The quantitative estimate of drug-likeness (QED) is 0.911. The molecule has 0 amide bonds. The molecule has 2 N–H and O–H groups in total. The average Bonchev–Trinajstić information content (AvgIpc) is 2.92. The Morgan fingerprint density at radius 1 is 1.38 bits per heavy atom. The summed E-state index contributed by atoms with van der Waals surface area (Å²) in [6.45, 7) is 0. The van der Waals surface area contributed by atoms with E-state index in [0.717, 1.165) is 25.0 Å². The van der Waals surface area contributed by atoms with Crippen LogP contribution in [-0.4, -0.2) is 21.2 Å². The summed E-state index contributed by atoms with van der Waals surface area (Å²) >= 11 is 6.02. The maximum atomic E-state index is 11.5. The topological polar surface area (TPSA) is 70.7 Å². The van der Waals surface area contributed by atoms with Gasteiger partial charge in [0.05, 0.1) is 11.9 Å². The highest BCUT2D eigenvalue weighted by molar-refractivity contribution is 6.32. The maximum absolute atomic E-state index is 11.5. The minimum atomic E-state index is -0.360. The third-order valence-corrected chi connectivity index (χ3v) is 4.37. The number of H-pyrrole nitrogens is 1. The number of hydrogen-bond donors (Lipinski definition) is 2. The van der Waals surface area contributed by atoms with E-state index in [0.29, 0.717) is 17.6 Å². The minimum absolute atomic E-state index is 0.175. The molecule has 2 unspecified atom stereocenters. The zero-order chi connectivity index (χ0) is 14.7. The minimum Gasteiger partial charge on any atom is -0.379 e. The summed E-state index contributed by atoms with van der Waals surface area (Å²) in [4.78, 5) is 15.9. The second-order valence-corrected chi connectivity index (χ2v) is 5.77. The largest absolute Gasteiger partial charge is 0.379 e. The lowest BCUT2D eigenvalue weighted by Crippen LogP contribution is -2.27. The highest BCUT2D eigenvalue weighted by atomic mass is 35.5. The van der Waals surface area contributed by atoms with Crippen LogP contribution in [0.2, 0.25) is 5.02 Å². The number of halogens is 1. The summed E-state index contributed by atoms with van der Waals surface area (Å²) in [5.41, 5.74) is 1.35. The first-order valence-corrected chi connectivity index (χ1v) is 7.51. The molecule has 2 aromatic heterocycles. The van der Waals surface area contributed by atoms with E-state index in [1.54, 1.807) is 6.20 Å². The first-order chi connectivity index (χ1) is 10.2. The number of nitrogens with zero attached hydrogens (tertiary/aromatic N) is 2. The van der Waals surface area contributed by atoms with E-state index in [1.807, 2.05) is 18.3 Å². The fourth-order valence-electron chi connectivity index (χ4n) is 2.94. The van der Waals surface area contributed by atoms with Gasteiger partial charge in [-0.05, 0) is 37.3 Å². The van der Waals surface area contributed by atoms with Crippen molar-refractivity contribution in [2.24, 2.45) is 5.92 Å². The maximum Gasteiger partial charge on any atom is 0.285 e. The molecule has 1 aliphatic carbocycles. The van der Waals surface area contributed by atoms with Gasteiger partial charge in [0.2, 0.25) is 0 Å². The molecule has 110 valence electrons. The monoisotopic (exact) mass is 304 g/mol. The summed E-state index contributed by atoms with van der Waals surface area (Å²) < 4.78 is 0. The van der Waals surface area contributed by atoms with Gasteiger partial charge in [0.1, 0.15) is 5.02 Å². The molecule has 2 aromatic rings. The second-order valence-electron chi connectivity index (χ2n) is 5.39. The van der Waals surface area contributed by atoms with E-state index in [-0.39, 0.29) is 10.6 Å². The molecule has 21 heavy (non-hydrogen) atoms. The van der Waals surface area contributed by atoms with Gasteiger partial charge in [-0.25, -0.2) is 5.10 Å². The van der Waals surface area contributed by atoms with Crippen molar-refractivity contribution >= 4 is 17.3 Å². The first-order valence-electron chi connectivity index (χ1n) is 7.13. The van der Waals surface area contributed by atoms with Gasteiger partial charge in [-0.2, -0.15) is 5.10 Å². The number of aromatic nitrogens is 3. The van der Waals surface area contributed by atoms with Crippen molar-refractivity contribution in [1.29, 1.82) is 0 Å². The van der Waals surface area contributed by atoms with Gasteiger partial charge in [-0.1, -0.05) is 24.1 Å². The van der Waals surface area contributed by atoms with Crippen LogP contribution in [0.15, 0.2) is 35.4 Å². The predicted octanol–water partition coefficient (Wildman–Crippen LogP) is 2.64. The van der Waals surface area contributed by atoms with Crippen molar-refractivity contribution in [2.45, 2.75) is 31.7 Å². The Morgan fingerprint density at radius 3 is 3.10 bits per heavy atom. The van der Waals surface area contributed by atoms with Crippen LogP contribution in [0.4, 0.5) is 5.69 Å². The highest BCUT2D eigenvalue weighted by Crippen LogP contribution is 2.31. The Balaban J connectivity index is 1.72. The molecule has 2 heterocycles. The molecule has 0 aliphatic heterocycles. The Morgan fingerprint density at radius 2 is 2.29 bits per heavy atom. The van der Waals surface area contributed by atoms with Crippen LogP contribution in [0.25, 0.3) is 0 Å². The number of nitrogens with one attached hydrogen (secondary N) is 2. The lowest BCUT2D eigenvalue weighted by atomic mass is 9.97. The van der Waals surface area contributed by atoms with E-state index >= 15 is 0 Å². The second kappa shape index (κ2) is 6.26. The summed E-state index contributed by atoms with van der Waals surface area (Å²) in [5.74, 6) is 0.496. The average molecular weight is 305 g/mol. The highest BCUT2D eigenvalue weighted by Gasteiger charge is 2.28. The third kappa shape index (κ3) is 3.24. The molecule has 1 aliphatic rings. The first kappa shape index (κ1) is 14.1. The molecular weight excluding hydrogens is 288 g/mol. The Labute approximate surface area is 127 Å². The molecule has 1 fully saturated rings. The van der Waals surface area contributed by atoms with Gasteiger partial charge >= 0.3 is 0 Å². The van der Waals surface area contributed by atoms with E-state index in [1.165, 1.54) is 6.42 Å². The van der Waals surface area contributed by atoms with Gasteiger partial charge < -0.3 is 5.32 Å². The van der Waals surface area contributed by atoms with Crippen LogP contribution in [0.1, 0.15) is 25.0 Å². The predicted molar refractivity (Wildman–Crippen MR) is 82.6 cm³/mol. The van der Waals surface area contributed by atoms with E-state index in [9.17, 15) is 4.79 Å². The molecule has 0 spiro atoms. The van der Waals surface area contributed by atoms with E-state index < -0.39 is 0 Å². The van der Waals surface area contributed by atoms with Crippen LogP contribution >= 0.6 is 11.6 Å². The van der Waals surface area contributed by atoms with Gasteiger partial charge in [-0.3, -0.25) is 9.78 Å². The lowest BCUT2D eigenvalue weighted by molar-refractivity contribution is 0.496. The van der Waals surface area contributed by atoms with E-state index in [2.05, 4.69) is 26.6 Å². The molecule has 0 aromatic carbocycles. The SMILES string of the molecule is O=c1[nH]ncc(NC2CCCC2Cc2ccccn2)c1Cl. The van der Waals surface area contributed by atoms with Gasteiger partial charge in [0.25, 0.3) is 5.56 Å². The van der Waals surface area contributed by atoms with Crippen LogP contribution in [0.5, 0.6) is 0 Å². The number of rotatable bonds is 4. The standard InChI is InChI=1S/C15H17ClN4O/c16-14-13(9-18-20-15(14)21)19-12-6-3-4-10(12)8-11-5-1-2-7-17-11/h1-2,5,7,9-10,12H,3-4,6,8H2,(H2,19,20,21). The Bertz CT molecular complexity index is 658. The molecule has 0 radical (unpaired) electrons. The molecule has 0 saturated heterocycles. The third-order valence-electron chi connectivity index (χ3n) is 3.99. The van der Waals surface area contributed by atoms with Crippen molar-refractivity contribution in [3.05, 3.63) is 51.7 Å². The molecule has 5 nitrogen and oxygen atoms in total. The van der Waals surface area contributed by atoms with Crippen molar-refractivity contribution in [2.75, 3.05) is 5.32 Å². The molecule has 6 heteroatoms. The van der Waals surface area contributed by atoms with Crippen LogP contribution in [0.3, 0.4) is 0 Å². The summed E-state index contributed by atoms with van der Waals surface area (Å²) in [5, 5.41) is 9.68. The van der Waals surface area contributed by atoms with Crippen molar-refractivity contribution in [1.82, 2.24) is 15.2 Å². The van der Waals surface area contributed by atoms with E-state index in [4.69, 9.17) is 11.6 Å². The summed E-state index contributed by atoms with van der Waals surface area (Å²) in [6, 6.07) is 6.29. The van der Waals surface area contributed by atoms with Crippen LogP contribution < -0.4 is 10.9 Å². The number of aromatic amines is 1. The van der Waals surface area contributed by atoms with Crippen LogP contribution in [-0.2, 0) is 6.42 Å². The molecule has 2 atom stereocenters. The zero-order valence-corrected chi connectivity index (χ0v) is 12.3. The van der Waals surface area contributed by atoms with Gasteiger partial charge in [-0.15, -0.1) is 0 Å². The molecule has 1 saturated carbocycles. The zero-order valence-electron chi connectivity index (χ0n) is 11.6. The number of anilines is 1. The van der Waals surface area contributed by atoms with Crippen molar-refractivity contribution < 1.29 is 0 Å². The fourth-order valence-corrected chi connectivity index (χ4v) is 3.09. The fraction of sp³-hybridized carbons (Fsp3) is 0.400. The molecule has 3 rings (SSSR count). The normalized spacial score (nSPS) is 21.4. The summed E-state index contributed by atoms with van der Waals surface area (Å²) in [7, 11) is 0.